The summed E-state index contributed by atoms with van der Waals surface area (Å²) in [5.74, 6) is 0.686. The molecule has 0 radical (unpaired) electrons. The molecule has 0 fully saturated rings. The van der Waals surface area contributed by atoms with Crippen LogP contribution in [0.1, 0.15) is 48.0 Å². The van der Waals surface area contributed by atoms with Crippen LogP contribution in [-0.4, -0.2) is 0 Å². The van der Waals surface area contributed by atoms with Crippen molar-refractivity contribution in [1.82, 2.24) is 0 Å². The van der Waals surface area contributed by atoms with Gasteiger partial charge in [0, 0.05) is 0 Å². The van der Waals surface area contributed by atoms with Crippen molar-refractivity contribution in [3.63, 3.8) is 0 Å². The Labute approximate surface area is 89.4 Å². The molecule has 0 saturated carbocycles. The molecule has 0 aliphatic heterocycles. The third-order valence-corrected chi connectivity index (χ3v) is 2.56. The Hall–Kier alpha value is -0.780. The van der Waals surface area contributed by atoms with Crippen LogP contribution in [0, 0.1) is 5.92 Å². The highest BCUT2D eigenvalue weighted by Crippen LogP contribution is 2.10. The first-order valence-electron chi connectivity index (χ1n) is 5.48. The van der Waals surface area contributed by atoms with Gasteiger partial charge >= 0.3 is 0 Å². The Kier molecular flexibility index (Phi) is 6.27. The van der Waals surface area contributed by atoms with Crippen LogP contribution in [0.15, 0.2) is 34.9 Å². The Bertz CT molecular complexity index is 247. The molecular weight excluding hydrogens is 168 g/mol. The first-order valence-corrected chi connectivity index (χ1v) is 5.48. The maximum atomic E-state index is 2.28. The summed E-state index contributed by atoms with van der Waals surface area (Å²) in [4.78, 5) is 0. The van der Waals surface area contributed by atoms with Gasteiger partial charge in [-0.3, -0.25) is 0 Å². The third-order valence-electron chi connectivity index (χ3n) is 2.56. The first kappa shape index (κ1) is 13.2. The number of hydrogen-bond donors (Lipinski definition) is 0. The minimum atomic E-state index is 0.686. The highest BCUT2D eigenvalue weighted by atomic mass is 14.0. The molecule has 0 bridgehead atoms. The van der Waals surface area contributed by atoms with E-state index in [-0.39, 0.29) is 0 Å². The molecule has 0 heterocycles. The van der Waals surface area contributed by atoms with E-state index in [2.05, 4.69) is 59.8 Å². The lowest BCUT2D eigenvalue weighted by Gasteiger charge is -2.01. The molecule has 0 saturated heterocycles. The van der Waals surface area contributed by atoms with Crippen LogP contribution in [-0.2, 0) is 0 Å². The third kappa shape index (κ3) is 5.80. The molecule has 0 amide bonds. The molecule has 0 rings (SSSR count). The van der Waals surface area contributed by atoms with Crippen molar-refractivity contribution in [3.05, 3.63) is 34.9 Å². The van der Waals surface area contributed by atoms with Gasteiger partial charge in [0.1, 0.15) is 0 Å². The van der Waals surface area contributed by atoms with Crippen LogP contribution in [0.3, 0.4) is 0 Å². The lowest BCUT2D eigenvalue weighted by atomic mass is 10.1. The monoisotopic (exact) mass is 192 g/mol. The Morgan fingerprint density at radius 3 is 2.14 bits per heavy atom. The molecule has 0 spiro atoms. The van der Waals surface area contributed by atoms with Gasteiger partial charge in [0.05, 0.1) is 0 Å². The topological polar surface area (TPSA) is 0 Å². The molecule has 0 aliphatic rings. The SMILES string of the molecule is CCC(C)/C=C\C(C)=C/C(C)=C(C)C. The second kappa shape index (κ2) is 6.64. The smallest absolute Gasteiger partial charge is 0.0261 e. The van der Waals surface area contributed by atoms with E-state index in [1.54, 1.807) is 0 Å². The highest BCUT2D eigenvalue weighted by molar-refractivity contribution is 5.29. The summed E-state index contributed by atoms with van der Waals surface area (Å²) in [5.41, 5.74) is 4.10. The van der Waals surface area contributed by atoms with Crippen LogP contribution >= 0.6 is 0 Å². The molecule has 0 aromatic rings. The zero-order valence-corrected chi connectivity index (χ0v) is 10.5. The van der Waals surface area contributed by atoms with Gasteiger partial charge in [0.15, 0.2) is 0 Å². The standard InChI is InChI=1S/C14H24/c1-7-12(4)8-9-13(5)10-14(6)11(2)3/h8-10,12H,7H2,1-6H3/b9-8-,13-10-. The van der Waals surface area contributed by atoms with E-state index < -0.39 is 0 Å². The van der Waals surface area contributed by atoms with Gasteiger partial charge in [0.25, 0.3) is 0 Å². The average molecular weight is 192 g/mol. The van der Waals surface area contributed by atoms with Crippen molar-refractivity contribution in [2.75, 3.05) is 0 Å². The summed E-state index contributed by atoms with van der Waals surface area (Å²) in [6, 6.07) is 0. The normalized spacial score (nSPS) is 14.6. The molecule has 0 heteroatoms. The first-order chi connectivity index (χ1) is 6.47. The van der Waals surface area contributed by atoms with Crippen molar-refractivity contribution in [2.24, 2.45) is 5.92 Å². The summed E-state index contributed by atoms with van der Waals surface area (Å²) in [6.45, 7) is 13.1. The van der Waals surface area contributed by atoms with Gasteiger partial charge in [-0.15, -0.1) is 0 Å². The number of rotatable bonds is 4. The largest absolute Gasteiger partial charge is 0.0814 e. The van der Waals surface area contributed by atoms with E-state index >= 15 is 0 Å². The summed E-state index contributed by atoms with van der Waals surface area (Å²) < 4.78 is 0. The van der Waals surface area contributed by atoms with E-state index in [1.807, 2.05) is 0 Å². The van der Waals surface area contributed by atoms with Crippen LogP contribution in [0.25, 0.3) is 0 Å². The van der Waals surface area contributed by atoms with Gasteiger partial charge in [0.2, 0.25) is 0 Å². The summed E-state index contributed by atoms with van der Waals surface area (Å²) in [6.07, 6.45) is 7.96. The van der Waals surface area contributed by atoms with Crippen molar-refractivity contribution >= 4 is 0 Å². The zero-order valence-electron chi connectivity index (χ0n) is 10.5. The second-order valence-corrected chi connectivity index (χ2v) is 4.32. The van der Waals surface area contributed by atoms with Gasteiger partial charge in [-0.2, -0.15) is 0 Å². The number of allylic oxidation sites excluding steroid dienone is 6. The van der Waals surface area contributed by atoms with Gasteiger partial charge in [-0.25, -0.2) is 0 Å². The molecule has 0 aromatic heterocycles. The maximum absolute atomic E-state index is 2.28. The second-order valence-electron chi connectivity index (χ2n) is 4.32. The zero-order chi connectivity index (χ0) is 11.1. The highest BCUT2D eigenvalue weighted by Gasteiger charge is 1.91. The van der Waals surface area contributed by atoms with Crippen LogP contribution in [0.2, 0.25) is 0 Å². The molecule has 0 N–H and O–H groups in total. The van der Waals surface area contributed by atoms with Gasteiger partial charge < -0.3 is 0 Å². The van der Waals surface area contributed by atoms with Gasteiger partial charge in [-0.05, 0) is 33.6 Å². The molecule has 0 nitrogen and oxygen atoms in total. The fourth-order valence-corrected chi connectivity index (χ4v) is 0.986. The van der Waals surface area contributed by atoms with E-state index in [0.29, 0.717) is 5.92 Å². The van der Waals surface area contributed by atoms with E-state index in [4.69, 9.17) is 0 Å². The summed E-state index contributed by atoms with van der Waals surface area (Å²) in [5, 5.41) is 0. The van der Waals surface area contributed by atoms with E-state index in [1.165, 1.54) is 23.1 Å². The Morgan fingerprint density at radius 1 is 1.14 bits per heavy atom. The lowest BCUT2D eigenvalue weighted by Crippen LogP contribution is -1.84. The molecule has 0 aliphatic carbocycles. The Balaban J connectivity index is 4.42. The van der Waals surface area contributed by atoms with Gasteiger partial charge in [-0.1, -0.05) is 55.2 Å². The summed E-state index contributed by atoms with van der Waals surface area (Å²) >= 11 is 0. The molecule has 1 unspecified atom stereocenters. The molecule has 80 valence electrons. The van der Waals surface area contributed by atoms with E-state index in [9.17, 15) is 0 Å². The van der Waals surface area contributed by atoms with Crippen molar-refractivity contribution in [1.29, 1.82) is 0 Å². The quantitative estimate of drug-likeness (QED) is 0.556. The Morgan fingerprint density at radius 2 is 1.71 bits per heavy atom. The van der Waals surface area contributed by atoms with E-state index in [0.717, 1.165) is 0 Å². The minimum absolute atomic E-state index is 0.686. The minimum Gasteiger partial charge on any atom is -0.0814 e. The summed E-state index contributed by atoms with van der Waals surface area (Å²) in [7, 11) is 0. The predicted octanol–water partition coefficient (Wildman–Crippen LogP) is 4.89. The fraction of sp³-hybridized carbons (Fsp3) is 0.571. The lowest BCUT2D eigenvalue weighted by molar-refractivity contribution is 0.698. The van der Waals surface area contributed by atoms with Crippen LogP contribution < -0.4 is 0 Å². The van der Waals surface area contributed by atoms with Crippen molar-refractivity contribution in [3.8, 4) is 0 Å². The fourth-order valence-electron chi connectivity index (χ4n) is 0.986. The van der Waals surface area contributed by atoms with Crippen molar-refractivity contribution in [2.45, 2.75) is 48.0 Å². The van der Waals surface area contributed by atoms with Crippen molar-refractivity contribution < 1.29 is 0 Å². The van der Waals surface area contributed by atoms with Crippen LogP contribution in [0.4, 0.5) is 0 Å². The molecule has 1 atom stereocenters. The maximum Gasteiger partial charge on any atom is -0.0261 e. The van der Waals surface area contributed by atoms with Crippen LogP contribution in [0.5, 0.6) is 0 Å². The number of hydrogen-bond acceptors (Lipinski definition) is 0. The predicted molar refractivity (Wildman–Crippen MR) is 66.4 cm³/mol. The molecule has 14 heavy (non-hydrogen) atoms. The molecular formula is C14H24. The molecule has 0 aromatic carbocycles. The average Bonchev–Trinajstić information content (AvgIpc) is 2.13.